The number of anilines is 1. The van der Waals surface area contributed by atoms with Gasteiger partial charge in [0.15, 0.2) is 0 Å². The average Bonchev–Trinajstić information content (AvgIpc) is 3.22. The summed E-state index contributed by atoms with van der Waals surface area (Å²) in [6.07, 6.45) is 3.74. The Balaban J connectivity index is 0.00000306. The predicted molar refractivity (Wildman–Crippen MR) is 133 cm³/mol. The number of halogens is 2. The fraction of sp³-hybridized carbons (Fsp3) is 0.200. The molecule has 4 aromatic rings. The number of nitrogens with one attached hydrogen (secondary N) is 2. The highest BCUT2D eigenvalue weighted by atomic mass is 35.5. The van der Waals surface area contributed by atoms with Gasteiger partial charge in [-0.15, -0.1) is 12.4 Å². The summed E-state index contributed by atoms with van der Waals surface area (Å²) in [4.78, 5) is 16.8. The molecule has 4 rings (SSSR count). The first kappa shape index (κ1) is 24.2. The number of imidazole rings is 1. The lowest BCUT2D eigenvalue weighted by Gasteiger charge is -2.22. The highest BCUT2D eigenvalue weighted by molar-refractivity contribution is 5.90. The number of benzene rings is 2. The summed E-state index contributed by atoms with van der Waals surface area (Å²) < 4.78 is 15.2. The van der Waals surface area contributed by atoms with E-state index in [4.69, 9.17) is 5.73 Å². The van der Waals surface area contributed by atoms with Crippen LogP contribution in [-0.4, -0.2) is 28.5 Å². The Hall–Kier alpha value is -3.42. The third-order valence-electron chi connectivity index (χ3n) is 5.39. The number of urea groups is 1. The van der Waals surface area contributed by atoms with Gasteiger partial charge in [-0.3, -0.25) is 4.40 Å². The second-order valence-electron chi connectivity index (χ2n) is 8.55. The van der Waals surface area contributed by atoms with Crippen LogP contribution in [0, 0.1) is 11.2 Å². The van der Waals surface area contributed by atoms with E-state index >= 15 is 0 Å². The van der Waals surface area contributed by atoms with Crippen molar-refractivity contribution in [1.29, 1.82) is 0 Å². The lowest BCUT2D eigenvalue weighted by molar-refractivity contribution is 0.245. The average molecular weight is 468 g/mol. The molecule has 0 saturated carbocycles. The molecule has 8 heteroatoms. The summed E-state index contributed by atoms with van der Waals surface area (Å²) >= 11 is 0. The minimum absolute atomic E-state index is 0. The molecule has 0 atom stereocenters. The van der Waals surface area contributed by atoms with Crippen molar-refractivity contribution >= 4 is 29.8 Å². The van der Waals surface area contributed by atoms with Crippen molar-refractivity contribution in [2.45, 2.75) is 13.8 Å². The Bertz CT molecular complexity index is 1250. The summed E-state index contributed by atoms with van der Waals surface area (Å²) in [7, 11) is 0. The molecule has 4 N–H and O–H groups in total. The van der Waals surface area contributed by atoms with Crippen LogP contribution in [0.4, 0.5) is 14.9 Å². The van der Waals surface area contributed by atoms with E-state index < -0.39 is 0 Å². The number of rotatable bonds is 6. The summed E-state index contributed by atoms with van der Waals surface area (Å²) in [5, 5.41) is 5.73. The number of hydrogen-bond donors (Lipinski definition) is 3. The number of carbonyl (C=O) groups excluding carboxylic acids is 1. The zero-order valence-electron chi connectivity index (χ0n) is 18.5. The van der Waals surface area contributed by atoms with Crippen LogP contribution >= 0.6 is 12.4 Å². The molecular weight excluding hydrogens is 441 g/mol. The van der Waals surface area contributed by atoms with Crippen LogP contribution in [0.25, 0.3) is 28.0 Å². The third-order valence-corrected chi connectivity index (χ3v) is 5.39. The van der Waals surface area contributed by atoms with Crippen molar-refractivity contribution in [3.8, 4) is 22.4 Å². The number of fused-ring (bicyclic) bond motifs is 1. The fourth-order valence-electron chi connectivity index (χ4n) is 3.34. The highest BCUT2D eigenvalue weighted by Crippen LogP contribution is 2.27. The van der Waals surface area contributed by atoms with Gasteiger partial charge in [-0.25, -0.2) is 14.2 Å². The van der Waals surface area contributed by atoms with E-state index in [1.54, 1.807) is 18.3 Å². The quantitative estimate of drug-likeness (QED) is 0.358. The van der Waals surface area contributed by atoms with Gasteiger partial charge >= 0.3 is 6.03 Å². The molecule has 0 unspecified atom stereocenters. The van der Waals surface area contributed by atoms with Crippen molar-refractivity contribution in [3.05, 3.63) is 78.9 Å². The first-order chi connectivity index (χ1) is 15.3. The minimum Gasteiger partial charge on any atom is -0.337 e. The number of carbonyl (C=O) groups is 1. The predicted octanol–water partition coefficient (Wildman–Crippen LogP) is 5.34. The molecule has 2 aromatic carbocycles. The maximum absolute atomic E-state index is 13.2. The van der Waals surface area contributed by atoms with Crippen LogP contribution in [0.2, 0.25) is 0 Å². The summed E-state index contributed by atoms with van der Waals surface area (Å²) in [5.41, 5.74) is 10.7. The van der Waals surface area contributed by atoms with E-state index in [0.717, 1.165) is 28.0 Å². The summed E-state index contributed by atoms with van der Waals surface area (Å²) in [6, 6.07) is 17.7. The normalized spacial score (nSPS) is 11.2. The summed E-state index contributed by atoms with van der Waals surface area (Å²) in [6.45, 7) is 4.97. The molecule has 0 aliphatic rings. The van der Waals surface area contributed by atoms with Gasteiger partial charge in [0.1, 0.15) is 11.5 Å². The van der Waals surface area contributed by atoms with Gasteiger partial charge in [-0.2, -0.15) is 0 Å². The Morgan fingerprint density at radius 1 is 1.06 bits per heavy atom. The third kappa shape index (κ3) is 5.69. The molecule has 172 valence electrons. The zero-order valence-corrected chi connectivity index (χ0v) is 19.3. The standard InChI is InChI=1S/C25H26FN5O.ClH/c1-25(2,15-27)16-29-24(32)30-21-5-3-4-19(12-21)22-14-28-23-13-18(10-11-31(22)23)17-6-8-20(26)9-7-17;/h3-14H,15-16,27H2,1-2H3,(H2,29,30,32);1H. The molecule has 2 amide bonds. The van der Waals surface area contributed by atoms with E-state index in [1.807, 2.05) is 60.8 Å². The number of amides is 2. The minimum atomic E-state index is -0.272. The van der Waals surface area contributed by atoms with Crippen LogP contribution in [0.1, 0.15) is 13.8 Å². The molecule has 2 heterocycles. The maximum Gasteiger partial charge on any atom is 0.319 e. The first-order valence-electron chi connectivity index (χ1n) is 10.4. The Kier molecular flexibility index (Phi) is 7.36. The molecule has 0 bridgehead atoms. The molecule has 2 aromatic heterocycles. The molecule has 0 saturated heterocycles. The van der Waals surface area contributed by atoms with E-state index in [0.29, 0.717) is 18.8 Å². The molecule has 33 heavy (non-hydrogen) atoms. The van der Waals surface area contributed by atoms with Crippen molar-refractivity contribution in [3.63, 3.8) is 0 Å². The molecular formula is C25H27ClFN5O. The topological polar surface area (TPSA) is 84.4 Å². The Labute approximate surface area is 198 Å². The van der Waals surface area contributed by atoms with Crippen LogP contribution in [0.3, 0.4) is 0 Å². The van der Waals surface area contributed by atoms with Crippen LogP contribution in [-0.2, 0) is 0 Å². The second-order valence-corrected chi connectivity index (χ2v) is 8.55. The smallest absolute Gasteiger partial charge is 0.319 e. The number of nitrogens with zero attached hydrogens (tertiary/aromatic N) is 2. The van der Waals surface area contributed by atoms with E-state index in [9.17, 15) is 9.18 Å². The number of hydrogen-bond acceptors (Lipinski definition) is 3. The largest absolute Gasteiger partial charge is 0.337 e. The van der Waals surface area contributed by atoms with Gasteiger partial charge < -0.3 is 16.4 Å². The SMILES string of the molecule is CC(C)(CN)CNC(=O)Nc1cccc(-c2cnc3cc(-c4ccc(F)cc4)ccn23)c1.Cl. The molecule has 0 aliphatic heterocycles. The van der Waals surface area contributed by atoms with Gasteiger partial charge in [0.25, 0.3) is 0 Å². The molecule has 0 radical (unpaired) electrons. The van der Waals surface area contributed by atoms with Gasteiger partial charge in [0, 0.05) is 24.0 Å². The van der Waals surface area contributed by atoms with Crippen molar-refractivity contribution in [2.75, 3.05) is 18.4 Å². The van der Waals surface area contributed by atoms with Gasteiger partial charge in [-0.05, 0) is 59.5 Å². The highest BCUT2D eigenvalue weighted by Gasteiger charge is 2.16. The van der Waals surface area contributed by atoms with Crippen molar-refractivity contribution < 1.29 is 9.18 Å². The van der Waals surface area contributed by atoms with Gasteiger partial charge in [0.05, 0.1) is 11.9 Å². The molecule has 6 nitrogen and oxygen atoms in total. The van der Waals surface area contributed by atoms with Gasteiger partial charge in [-0.1, -0.05) is 38.1 Å². The summed E-state index contributed by atoms with van der Waals surface area (Å²) in [5.74, 6) is -0.261. The van der Waals surface area contributed by atoms with Crippen molar-refractivity contribution in [2.24, 2.45) is 11.1 Å². The van der Waals surface area contributed by atoms with E-state index in [-0.39, 0.29) is 29.7 Å². The maximum atomic E-state index is 13.2. The number of pyridine rings is 1. The lowest BCUT2D eigenvalue weighted by atomic mass is 9.94. The Morgan fingerprint density at radius 2 is 1.82 bits per heavy atom. The number of aromatic nitrogens is 2. The lowest BCUT2D eigenvalue weighted by Crippen LogP contribution is -2.40. The van der Waals surface area contributed by atoms with E-state index in [1.165, 1.54) is 12.1 Å². The Morgan fingerprint density at radius 3 is 2.55 bits per heavy atom. The van der Waals surface area contributed by atoms with Crippen LogP contribution < -0.4 is 16.4 Å². The van der Waals surface area contributed by atoms with Crippen LogP contribution in [0.5, 0.6) is 0 Å². The van der Waals surface area contributed by atoms with Crippen molar-refractivity contribution in [1.82, 2.24) is 14.7 Å². The monoisotopic (exact) mass is 467 g/mol. The zero-order chi connectivity index (χ0) is 22.7. The second kappa shape index (κ2) is 10.0. The van der Waals surface area contributed by atoms with Crippen LogP contribution in [0.15, 0.2) is 73.1 Å². The number of nitrogens with two attached hydrogens (primary N) is 1. The van der Waals surface area contributed by atoms with Gasteiger partial charge in [0.2, 0.25) is 0 Å². The molecule has 0 aliphatic carbocycles. The first-order valence-corrected chi connectivity index (χ1v) is 10.4. The fourth-order valence-corrected chi connectivity index (χ4v) is 3.34. The van der Waals surface area contributed by atoms with E-state index in [2.05, 4.69) is 15.6 Å². The molecule has 0 spiro atoms. The molecule has 0 fully saturated rings.